The molecule has 3 aromatic rings. The lowest BCUT2D eigenvalue weighted by Crippen LogP contribution is -1.79. The first-order valence-electron chi connectivity index (χ1n) is 5.37. The molecule has 0 saturated heterocycles. The number of benzene rings is 2. The summed E-state index contributed by atoms with van der Waals surface area (Å²) in [6, 6.07) is 15.5. The molecule has 1 aromatic heterocycles. The normalized spacial score (nSPS) is 10.6. The molecule has 0 aliphatic rings. The molecule has 1 heterocycles. The third-order valence-corrected chi connectivity index (χ3v) is 2.77. The molecular formula is C14H10N2O. The van der Waals surface area contributed by atoms with Gasteiger partial charge in [0.15, 0.2) is 0 Å². The van der Waals surface area contributed by atoms with Crippen molar-refractivity contribution in [1.82, 2.24) is 10.2 Å². The van der Waals surface area contributed by atoms with Gasteiger partial charge in [-0.2, -0.15) is 5.10 Å². The summed E-state index contributed by atoms with van der Waals surface area (Å²) in [5.41, 5.74) is 3.52. The Bertz CT molecular complexity index is 671. The standard InChI is InChI=1S/C14H10N2O/c17-9-10-6-7-12-13(8-10)15-16-14(12)11-4-2-1-3-5-11/h1-9H,(H,15,16). The Morgan fingerprint density at radius 1 is 1.06 bits per heavy atom. The molecule has 0 unspecified atom stereocenters. The SMILES string of the molecule is O=Cc1ccc2c(-c3ccccc3)n[nH]c2c1. The summed E-state index contributed by atoms with van der Waals surface area (Å²) in [5, 5.41) is 8.28. The van der Waals surface area contributed by atoms with Gasteiger partial charge in [-0.1, -0.05) is 36.4 Å². The van der Waals surface area contributed by atoms with Gasteiger partial charge in [0.2, 0.25) is 0 Å². The third kappa shape index (κ3) is 1.61. The van der Waals surface area contributed by atoms with Crippen molar-refractivity contribution >= 4 is 17.2 Å². The van der Waals surface area contributed by atoms with E-state index in [1.54, 1.807) is 6.07 Å². The number of carbonyl (C=O) groups is 1. The zero-order valence-corrected chi connectivity index (χ0v) is 9.05. The number of carbonyl (C=O) groups excluding carboxylic acids is 1. The first kappa shape index (κ1) is 9.78. The zero-order valence-electron chi connectivity index (χ0n) is 9.05. The number of nitrogens with zero attached hydrogens (tertiary/aromatic N) is 1. The summed E-state index contributed by atoms with van der Waals surface area (Å²) < 4.78 is 0. The van der Waals surface area contributed by atoms with Gasteiger partial charge >= 0.3 is 0 Å². The van der Waals surface area contributed by atoms with Crippen LogP contribution in [0.3, 0.4) is 0 Å². The first-order chi connectivity index (χ1) is 8.38. The molecule has 0 saturated carbocycles. The number of hydrogen-bond donors (Lipinski definition) is 1. The molecule has 2 aromatic carbocycles. The summed E-state index contributed by atoms with van der Waals surface area (Å²) in [7, 11) is 0. The summed E-state index contributed by atoms with van der Waals surface area (Å²) >= 11 is 0. The topological polar surface area (TPSA) is 45.8 Å². The molecule has 0 amide bonds. The van der Waals surface area contributed by atoms with Crippen LogP contribution in [0, 0.1) is 0 Å². The van der Waals surface area contributed by atoms with Crippen LogP contribution >= 0.6 is 0 Å². The average molecular weight is 222 g/mol. The van der Waals surface area contributed by atoms with Crippen molar-refractivity contribution in [2.75, 3.05) is 0 Å². The van der Waals surface area contributed by atoms with Gasteiger partial charge in [-0.25, -0.2) is 0 Å². The molecular weight excluding hydrogens is 212 g/mol. The van der Waals surface area contributed by atoms with Gasteiger partial charge in [0.05, 0.1) is 11.2 Å². The Labute approximate surface area is 98.1 Å². The highest BCUT2D eigenvalue weighted by Gasteiger charge is 2.07. The molecule has 0 fully saturated rings. The van der Waals surface area contributed by atoms with Crippen molar-refractivity contribution in [1.29, 1.82) is 0 Å². The van der Waals surface area contributed by atoms with Crippen molar-refractivity contribution in [3.05, 3.63) is 54.1 Å². The van der Waals surface area contributed by atoms with Crippen LogP contribution in [-0.4, -0.2) is 16.5 Å². The summed E-state index contributed by atoms with van der Waals surface area (Å²) in [6.07, 6.45) is 0.836. The number of nitrogens with one attached hydrogen (secondary N) is 1. The van der Waals surface area contributed by atoms with Crippen LogP contribution in [0.4, 0.5) is 0 Å². The Hall–Kier alpha value is -2.42. The van der Waals surface area contributed by atoms with Gasteiger partial charge in [-0.3, -0.25) is 9.89 Å². The monoisotopic (exact) mass is 222 g/mol. The van der Waals surface area contributed by atoms with E-state index < -0.39 is 0 Å². The van der Waals surface area contributed by atoms with Gasteiger partial charge in [-0.05, 0) is 12.1 Å². The number of rotatable bonds is 2. The average Bonchev–Trinajstić information content (AvgIpc) is 2.82. The minimum absolute atomic E-state index is 0.653. The summed E-state index contributed by atoms with van der Waals surface area (Å²) in [5.74, 6) is 0. The van der Waals surface area contributed by atoms with E-state index in [-0.39, 0.29) is 0 Å². The molecule has 3 heteroatoms. The Morgan fingerprint density at radius 3 is 2.65 bits per heavy atom. The number of fused-ring (bicyclic) bond motifs is 1. The van der Waals surface area contributed by atoms with Crippen molar-refractivity contribution in [2.24, 2.45) is 0 Å². The van der Waals surface area contributed by atoms with E-state index in [4.69, 9.17) is 0 Å². The molecule has 0 radical (unpaired) electrons. The second-order valence-electron chi connectivity index (χ2n) is 3.86. The maximum absolute atomic E-state index is 10.7. The van der Waals surface area contributed by atoms with Gasteiger partial charge in [0.25, 0.3) is 0 Å². The number of aromatic nitrogens is 2. The van der Waals surface area contributed by atoms with Crippen LogP contribution in [0.15, 0.2) is 48.5 Å². The maximum atomic E-state index is 10.7. The smallest absolute Gasteiger partial charge is 0.150 e. The number of hydrogen-bond acceptors (Lipinski definition) is 2. The minimum Gasteiger partial charge on any atom is -0.298 e. The second-order valence-corrected chi connectivity index (χ2v) is 3.86. The van der Waals surface area contributed by atoms with E-state index in [0.717, 1.165) is 28.4 Å². The highest BCUT2D eigenvalue weighted by atomic mass is 16.1. The van der Waals surface area contributed by atoms with Crippen LogP contribution in [0.2, 0.25) is 0 Å². The van der Waals surface area contributed by atoms with E-state index in [9.17, 15) is 4.79 Å². The van der Waals surface area contributed by atoms with Crippen LogP contribution in [0.25, 0.3) is 22.2 Å². The van der Waals surface area contributed by atoms with Crippen molar-refractivity contribution < 1.29 is 4.79 Å². The fourth-order valence-corrected chi connectivity index (χ4v) is 1.93. The van der Waals surface area contributed by atoms with Gasteiger partial charge in [-0.15, -0.1) is 0 Å². The zero-order chi connectivity index (χ0) is 11.7. The molecule has 0 aliphatic carbocycles. The molecule has 1 N–H and O–H groups in total. The predicted octanol–water partition coefficient (Wildman–Crippen LogP) is 3.04. The van der Waals surface area contributed by atoms with Crippen LogP contribution in [0.1, 0.15) is 10.4 Å². The Morgan fingerprint density at radius 2 is 1.88 bits per heavy atom. The maximum Gasteiger partial charge on any atom is 0.150 e. The fourth-order valence-electron chi connectivity index (χ4n) is 1.93. The molecule has 0 bridgehead atoms. The first-order valence-corrected chi connectivity index (χ1v) is 5.37. The molecule has 17 heavy (non-hydrogen) atoms. The molecule has 0 atom stereocenters. The molecule has 82 valence electrons. The van der Waals surface area contributed by atoms with Crippen LogP contribution < -0.4 is 0 Å². The van der Waals surface area contributed by atoms with E-state index in [2.05, 4.69) is 10.2 Å². The molecule has 3 nitrogen and oxygen atoms in total. The molecule has 3 rings (SSSR count). The van der Waals surface area contributed by atoms with Gasteiger partial charge in [0, 0.05) is 16.5 Å². The van der Waals surface area contributed by atoms with E-state index in [1.807, 2.05) is 42.5 Å². The fraction of sp³-hybridized carbons (Fsp3) is 0. The van der Waals surface area contributed by atoms with Crippen molar-refractivity contribution in [2.45, 2.75) is 0 Å². The number of aromatic amines is 1. The molecule has 0 spiro atoms. The van der Waals surface area contributed by atoms with Crippen molar-refractivity contribution in [3.8, 4) is 11.3 Å². The number of H-pyrrole nitrogens is 1. The van der Waals surface area contributed by atoms with Crippen molar-refractivity contribution in [3.63, 3.8) is 0 Å². The van der Waals surface area contributed by atoms with E-state index in [0.29, 0.717) is 5.56 Å². The Kier molecular flexibility index (Phi) is 2.22. The quantitative estimate of drug-likeness (QED) is 0.677. The van der Waals surface area contributed by atoms with Gasteiger partial charge in [0.1, 0.15) is 6.29 Å². The highest BCUT2D eigenvalue weighted by molar-refractivity contribution is 5.95. The predicted molar refractivity (Wildman–Crippen MR) is 66.9 cm³/mol. The lowest BCUT2D eigenvalue weighted by molar-refractivity contribution is 0.112. The van der Waals surface area contributed by atoms with E-state index >= 15 is 0 Å². The largest absolute Gasteiger partial charge is 0.298 e. The summed E-state index contributed by atoms with van der Waals surface area (Å²) in [4.78, 5) is 10.7. The third-order valence-electron chi connectivity index (χ3n) is 2.77. The van der Waals surface area contributed by atoms with Crippen LogP contribution in [-0.2, 0) is 0 Å². The minimum atomic E-state index is 0.653. The second kappa shape index (κ2) is 3.87. The summed E-state index contributed by atoms with van der Waals surface area (Å²) in [6.45, 7) is 0. The van der Waals surface area contributed by atoms with Gasteiger partial charge < -0.3 is 0 Å². The highest BCUT2D eigenvalue weighted by Crippen LogP contribution is 2.26. The molecule has 0 aliphatic heterocycles. The lowest BCUT2D eigenvalue weighted by Gasteiger charge is -1.97. The lowest BCUT2D eigenvalue weighted by atomic mass is 10.1. The number of aldehydes is 1. The van der Waals surface area contributed by atoms with E-state index in [1.165, 1.54) is 0 Å². The Balaban J connectivity index is 2.22. The van der Waals surface area contributed by atoms with Crippen LogP contribution in [0.5, 0.6) is 0 Å².